The predicted octanol–water partition coefficient (Wildman–Crippen LogP) is 11.5. The lowest BCUT2D eigenvalue weighted by Crippen LogP contribution is -2.18. The van der Waals surface area contributed by atoms with Crippen LogP contribution >= 0.6 is 0 Å². The minimum Gasteiger partial charge on any atom is -0.490 e. The molecule has 0 atom stereocenters. The van der Waals surface area contributed by atoms with E-state index >= 15 is 0 Å². The van der Waals surface area contributed by atoms with Gasteiger partial charge in [-0.15, -0.1) is 0 Å². The molecule has 3 rings (SSSR count). The second kappa shape index (κ2) is 17.5. The fraction of sp³-hybridized carbons (Fsp3) is 0.824. The Morgan fingerprint density at radius 1 is 0.595 bits per heavy atom. The molecule has 1 aromatic carbocycles. The maximum Gasteiger partial charge on any atom is 0.200 e. The van der Waals surface area contributed by atoms with Crippen LogP contribution in [0, 0.1) is 29.4 Å². The summed E-state index contributed by atoms with van der Waals surface area (Å²) in [5, 5.41) is 0. The normalized spacial score (nSPS) is 24.3. The monoisotopic (exact) mass is 518 g/mol. The minimum atomic E-state index is -0.787. The molecular formula is C34H56F2O. The Morgan fingerprint density at radius 3 is 1.70 bits per heavy atom. The van der Waals surface area contributed by atoms with E-state index in [-0.39, 0.29) is 11.7 Å². The molecule has 2 aliphatic carbocycles. The zero-order valence-corrected chi connectivity index (χ0v) is 24.2. The number of benzene rings is 1. The Balaban J connectivity index is 1.31. The molecule has 0 aromatic heterocycles. The Hall–Kier alpha value is -1.12. The van der Waals surface area contributed by atoms with Crippen LogP contribution < -0.4 is 4.74 Å². The summed E-state index contributed by atoms with van der Waals surface area (Å²) in [6.45, 7) is 4.94. The molecule has 37 heavy (non-hydrogen) atoms. The molecule has 1 nitrogen and oxygen atoms in total. The number of unbranched alkanes of at least 4 members (excludes halogenated alkanes) is 8. The van der Waals surface area contributed by atoms with Crippen molar-refractivity contribution >= 4 is 0 Å². The molecule has 0 heterocycles. The topological polar surface area (TPSA) is 9.23 Å². The second-order valence-corrected chi connectivity index (χ2v) is 12.4. The lowest BCUT2D eigenvalue weighted by molar-refractivity contribution is 0.221. The van der Waals surface area contributed by atoms with Gasteiger partial charge < -0.3 is 4.74 Å². The summed E-state index contributed by atoms with van der Waals surface area (Å²) in [5.41, 5.74) is 0.569. The first-order valence-corrected chi connectivity index (χ1v) is 16.2. The van der Waals surface area contributed by atoms with Crippen LogP contribution in [0.5, 0.6) is 5.75 Å². The van der Waals surface area contributed by atoms with E-state index in [9.17, 15) is 8.78 Å². The number of halogens is 2. The molecule has 0 radical (unpaired) electrons. The molecule has 0 amide bonds. The summed E-state index contributed by atoms with van der Waals surface area (Å²) in [5.74, 6) is 1.47. The Bertz CT molecular complexity index is 732. The number of hydrogen-bond donors (Lipinski definition) is 0. The zero-order chi connectivity index (χ0) is 26.3. The quantitative estimate of drug-likeness (QED) is 0.186. The lowest BCUT2D eigenvalue weighted by atomic mass is 9.74. The van der Waals surface area contributed by atoms with Crippen molar-refractivity contribution in [2.45, 2.75) is 155 Å². The third kappa shape index (κ3) is 10.5. The van der Waals surface area contributed by atoms with Gasteiger partial charge >= 0.3 is 0 Å². The average molecular weight is 519 g/mol. The highest BCUT2D eigenvalue weighted by molar-refractivity contribution is 5.33. The van der Waals surface area contributed by atoms with Gasteiger partial charge in [0, 0.05) is 0 Å². The fourth-order valence-corrected chi connectivity index (χ4v) is 6.94. The van der Waals surface area contributed by atoms with Gasteiger partial charge in [0.25, 0.3) is 0 Å². The number of ether oxygens (including phenoxy) is 1. The van der Waals surface area contributed by atoms with E-state index in [2.05, 4.69) is 13.8 Å². The third-order valence-corrected chi connectivity index (χ3v) is 9.53. The van der Waals surface area contributed by atoms with Crippen LogP contribution in [0.2, 0.25) is 0 Å². The first-order chi connectivity index (χ1) is 18.1. The molecule has 2 saturated carbocycles. The summed E-state index contributed by atoms with van der Waals surface area (Å²) < 4.78 is 35.2. The van der Waals surface area contributed by atoms with Gasteiger partial charge in [-0.3, -0.25) is 0 Å². The van der Waals surface area contributed by atoms with Crippen molar-refractivity contribution in [3.8, 4) is 5.75 Å². The van der Waals surface area contributed by atoms with Crippen LogP contribution in [0.4, 0.5) is 8.78 Å². The largest absolute Gasteiger partial charge is 0.490 e. The van der Waals surface area contributed by atoms with Crippen LogP contribution in [0.1, 0.15) is 160 Å². The van der Waals surface area contributed by atoms with E-state index in [0.717, 1.165) is 56.3 Å². The van der Waals surface area contributed by atoms with Gasteiger partial charge in [-0.2, -0.15) is 4.39 Å². The van der Waals surface area contributed by atoms with Crippen molar-refractivity contribution in [2.24, 2.45) is 17.8 Å². The predicted molar refractivity (Wildman–Crippen MR) is 153 cm³/mol. The summed E-state index contributed by atoms with van der Waals surface area (Å²) in [7, 11) is 0. The van der Waals surface area contributed by atoms with Crippen molar-refractivity contribution < 1.29 is 13.5 Å². The van der Waals surface area contributed by atoms with Gasteiger partial charge in [0.2, 0.25) is 5.82 Å². The Morgan fingerprint density at radius 2 is 1.11 bits per heavy atom. The van der Waals surface area contributed by atoms with E-state index in [0.29, 0.717) is 12.2 Å². The third-order valence-electron chi connectivity index (χ3n) is 9.53. The maximum absolute atomic E-state index is 14.9. The second-order valence-electron chi connectivity index (χ2n) is 12.4. The molecule has 0 unspecified atom stereocenters. The van der Waals surface area contributed by atoms with E-state index < -0.39 is 11.6 Å². The molecule has 0 spiro atoms. The van der Waals surface area contributed by atoms with Gasteiger partial charge in [-0.1, -0.05) is 123 Å². The van der Waals surface area contributed by atoms with Crippen LogP contribution in [0.15, 0.2) is 12.1 Å². The average Bonchev–Trinajstić information content (AvgIpc) is 2.93. The van der Waals surface area contributed by atoms with Crippen LogP contribution in [-0.4, -0.2) is 6.61 Å². The molecule has 0 saturated heterocycles. The van der Waals surface area contributed by atoms with Crippen molar-refractivity contribution in [1.82, 2.24) is 0 Å². The molecule has 2 fully saturated rings. The fourth-order valence-electron chi connectivity index (χ4n) is 6.94. The standard InChI is InChI=1S/C34H56F2O/c1-3-5-7-9-11-13-27-14-16-28(17-15-27)18-19-29-20-22-30(23-21-29)31-24-25-32(34(36)33(31)35)37-26-12-10-8-6-4-2/h24-25,27-30H,3-23,26H2,1-2H3/t27?,28?,29-,30-. The highest BCUT2D eigenvalue weighted by atomic mass is 19.2. The summed E-state index contributed by atoms with van der Waals surface area (Å²) in [4.78, 5) is 0. The lowest BCUT2D eigenvalue weighted by Gasteiger charge is -2.32. The molecule has 212 valence electrons. The Labute approximate surface area is 227 Å². The SMILES string of the molecule is CCCCCCCOc1ccc([C@H]2CC[C@H](CCC3CCC(CCCCCCC)CC3)CC2)c(F)c1F. The van der Waals surface area contributed by atoms with Crippen molar-refractivity contribution in [2.75, 3.05) is 6.61 Å². The molecule has 2 aliphatic rings. The van der Waals surface area contributed by atoms with Crippen molar-refractivity contribution in [3.63, 3.8) is 0 Å². The van der Waals surface area contributed by atoms with Gasteiger partial charge in [-0.05, 0) is 67.4 Å². The smallest absolute Gasteiger partial charge is 0.200 e. The first kappa shape index (κ1) is 30.4. The van der Waals surface area contributed by atoms with E-state index in [1.165, 1.54) is 96.3 Å². The maximum atomic E-state index is 14.9. The summed E-state index contributed by atoms with van der Waals surface area (Å²) in [6.07, 6.45) is 26.9. The van der Waals surface area contributed by atoms with Crippen LogP contribution in [-0.2, 0) is 0 Å². The van der Waals surface area contributed by atoms with E-state index in [1.54, 1.807) is 12.1 Å². The Kier molecular flexibility index (Phi) is 14.4. The van der Waals surface area contributed by atoms with E-state index in [4.69, 9.17) is 4.74 Å². The molecule has 1 aromatic rings. The van der Waals surface area contributed by atoms with Crippen LogP contribution in [0.25, 0.3) is 0 Å². The zero-order valence-electron chi connectivity index (χ0n) is 24.2. The molecule has 0 aliphatic heterocycles. The highest BCUT2D eigenvalue weighted by Gasteiger charge is 2.28. The van der Waals surface area contributed by atoms with Gasteiger partial charge in [0.05, 0.1) is 6.61 Å². The molecular weight excluding hydrogens is 462 g/mol. The van der Waals surface area contributed by atoms with Gasteiger partial charge in [-0.25, -0.2) is 4.39 Å². The molecule has 0 N–H and O–H groups in total. The van der Waals surface area contributed by atoms with Crippen molar-refractivity contribution in [1.29, 1.82) is 0 Å². The van der Waals surface area contributed by atoms with Gasteiger partial charge in [0.15, 0.2) is 11.6 Å². The van der Waals surface area contributed by atoms with Gasteiger partial charge in [0.1, 0.15) is 0 Å². The highest BCUT2D eigenvalue weighted by Crippen LogP contribution is 2.42. The molecule has 3 heteroatoms. The van der Waals surface area contributed by atoms with Crippen LogP contribution in [0.3, 0.4) is 0 Å². The van der Waals surface area contributed by atoms with E-state index in [1.807, 2.05) is 0 Å². The van der Waals surface area contributed by atoms with Crippen molar-refractivity contribution in [3.05, 3.63) is 29.3 Å². The number of rotatable bonds is 17. The summed E-state index contributed by atoms with van der Waals surface area (Å²) >= 11 is 0. The first-order valence-electron chi connectivity index (χ1n) is 16.2. The minimum absolute atomic E-state index is 0.0802. The summed E-state index contributed by atoms with van der Waals surface area (Å²) in [6, 6.07) is 3.45. The number of hydrogen-bond acceptors (Lipinski definition) is 1. The molecule has 0 bridgehead atoms.